The van der Waals surface area contributed by atoms with Gasteiger partial charge in [-0.1, -0.05) is 62.4 Å². The van der Waals surface area contributed by atoms with Crippen LogP contribution in [0.5, 0.6) is 5.75 Å². The number of nitrogens with zero attached hydrogens (tertiary/aromatic N) is 1. The molecule has 370 valence electrons. The van der Waals surface area contributed by atoms with Gasteiger partial charge in [0.1, 0.15) is 46.9 Å². The lowest BCUT2D eigenvalue weighted by Gasteiger charge is -2.67. The number of non-ortho nitro benzene ring substituents is 1. The van der Waals surface area contributed by atoms with E-state index in [-0.39, 0.29) is 46.7 Å². The lowest BCUT2D eigenvalue weighted by atomic mass is 9.44. The van der Waals surface area contributed by atoms with Crippen LogP contribution in [0, 0.1) is 26.9 Å². The smallest absolute Gasteiger partial charge is 0.455 e. The summed E-state index contributed by atoms with van der Waals surface area (Å²) in [5, 5.41) is 40.4. The van der Waals surface area contributed by atoms with Crippen molar-refractivity contribution in [3.63, 3.8) is 0 Å². The van der Waals surface area contributed by atoms with Gasteiger partial charge in [0, 0.05) is 50.5 Å². The third-order valence-electron chi connectivity index (χ3n) is 14.2. The number of hydrogen-bond donors (Lipinski definition) is 3. The highest BCUT2D eigenvalue weighted by Crippen LogP contribution is 2.64. The molecule has 1 amide bonds. The Labute approximate surface area is 398 Å². The zero-order valence-electron chi connectivity index (χ0n) is 39.8. The number of benzene rings is 3. The van der Waals surface area contributed by atoms with Crippen molar-refractivity contribution in [1.29, 1.82) is 0 Å². The molecule has 2 bridgehead atoms. The van der Waals surface area contributed by atoms with Crippen molar-refractivity contribution in [3.8, 4) is 5.75 Å². The number of nitro benzene ring substituents is 1. The minimum Gasteiger partial charge on any atom is -0.455 e. The van der Waals surface area contributed by atoms with Gasteiger partial charge in [-0.25, -0.2) is 19.2 Å². The summed E-state index contributed by atoms with van der Waals surface area (Å²) >= 11 is 0. The van der Waals surface area contributed by atoms with E-state index in [1.807, 2.05) is 0 Å². The predicted molar refractivity (Wildman–Crippen MR) is 242 cm³/mol. The molecule has 0 spiro atoms. The highest BCUT2D eigenvalue weighted by Gasteiger charge is 2.77. The molecule has 11 atom stereocenters. The Bertz CT molecular complexity index is 2490. The second kappa shape index (κ2) is 18.9. The maximum atomic E-state index is 15.5. The quantitative estimate of drug-likeness (QED) is 0.0461. The van der Waals surface area contributed by atoms with Crippen molar-refractivity contribution >= 4 is 35.7 Å². The van der Waals surface area contributed by atoms with Gasteiger partial charge < -0.3 is 53.4 Å². The van der Waals surface area contributed by atoms with Gasteiger partial charge in [0.15, 0.2) is 5.78 Å². The zero-order chi connectivity index (χ0) is 50.4. The van der Waals surface area contributed by atoms with Crippen molar-refractivity contribution in [1.82, 2.24) is 5.32 Å². The Balaban J connectivity index is 1.36. The van der Waals surface area contributed by atoms with E-state index >= 15 is 9.59 Å². The summed E-state index contributed by atoms with van der Waals surface area (Å²) in [6.07, 6.45) is -11.6. The number of methoxy groups -OCH3 is 2. The number of ketones is 1. The fourth-order valence-corrected chi connectivity index (χ4v) is 10.6. The summed E-state index contributed by atoms with van der Waals surface area (Å²) in [7, 11) is 2.72. The van der Waals surface area contributed by atoms with Crippen molar-refractivity contribution < 1.29 is 77.0 Å². The molecule has 3 fully saturated rings. The van der Waals surface area contributed by atoms with E-state index < -0.39 is 118 Å². The number of ether oxygens (including phenoxy) is 8. The van der Waals surface area contributed by atoms with Gasteiger partial charge in [-0.3, -0.25) is 14.9 Å². The Hall–Kier alpha value is -6.25. The first-order valence-corrected chi connectivity index (χ1v) is 22.4. The molecule has 3 aliphatic carbocycles. The number of fused-ring (bicyclic) bond motifs is 5. The number of nitrogens with one attached hydrogen (secondary N) is 1. The fraction of sp³-hybridized carbons (Fsp3) is 0.500. The molecule has 1 aliphatic heterocycles. The Morgan fingerprint density at radius 1 is 0.899 bits per heavy atom. The molecule has 7 rings (SSSR count). The van der Waals surface area contributed by atoms with Gasteiger partial charge >= 0.3 is 24.2 Å². The van der Waals surface area contributed by atoms with E-state index in [0.717, 1.165) is 24.3 Å². The number of nitro groups is 1. The summed E-state index contributed by atoms with van der Waals surface area (Å²) in [5.41, 5.74) is -7.96. The molecule has 4 aliphatic rings. The second-order valence-corrected chi connectivity index (χ2v) is 19.6. The largest absolute Gasteiger partial charge is 0.514 e. The molecule has 1 saturated heterocycles. The minimum absolute atomic E-state index is 0.0789. The van der Waals surface area contributed by atoms with Gasteiger partial charge in [-0.2, -0.15) is 0 Å². The van der Waals surface area contributed by atoms with Gasteiger partial charge in [0.2, 0.25) is 6.10 Å². The van der Waals surface area contributed by atoms with Crippen LogP contribution in [0.4, 0.5) is 15.3 Å². The van der Waals surface area contributed by atoms with Crippen LogP contribution in [0.3, 0.4) is 0 Å². The molecule has 1 heterocycles. The zero-order valence-corrected chi connectivity index (χ0v) is 39.8. The van der Waals surface area contributed by atoms with E-state index in [2.05, 4.69) is 5.32 Å². The van der Waals surface area contributed by atoms with E-state index in [4.69, 9.17) is 37.9 Å². The van der Waals surface area contributed by atoms with Crippen LogP contribution in [-0.2, 0) is 42.7 Å². The van der Waals surface area contributed by atoms with Gasteiger partial charge in [-0.15, -0.1) is 0 Å². The Kier molecular flexibility index (Phi) is 13.9. The highest BCUT2D eigenvalue weighted by molar-refractivity contribution is 5.94. The van der Waals surface area contributed by atoms with Crippen LogP contribution in [0.25, 0.3) is 0 Å². The third kappa shape index (κ3) is 9.21. The number of carbonyl (C=O) groups is 5. The van der Waals surface area contributed by atoms with E-state index in [9.17, 15) is 34.7 Å². The van der Waals surface area contributed by atoms with Crippen molar-refractivity contribution in [3.05, 3.63) is 117 Å². The van der Waals surface area contributed by atoms with Gasteiger partial charge in [0.25, 0.3) is 5.69 Å². The van der Waals surface area contributed by atoms with Crippen molar-refractivity contribution in [2.75, 3.05) is 20.8 Å². The highest BCUT2D eigenvalue weighted by atomic mass is 16.7. The molecule has 2 saturated carbocycles. The number of Topliss-reactive ketones (excluding diaryl/α,β-unsaturated/α-hetero) is 1. The number of carbonyl (C=O) groups excluding carboxylic acids is 5. The van der Waals surface area contributed by atoms with Crippen molar-refractivity contribution in [2.45, 2.75) is 121 Å². The lowest BCUT2D eigenvalue weighted by molar-refractivity contribution is -0.384. The first-order chi connectivity index (χ1) is 32.4. The first kappa shape index (κ1) is 50.6. The summed E-state index contributed by atoms with van der Waals surface area (Å²) < 4.78 is 47.3. The fourth-order valence-electron chi connectivity index (χ4n) is 10.6. The van der Waals surface area contributed by atoms with Crippen LogP contribution in [-0.4, -0.2) is 119 Å². The number of esters is 2. The topological polar surface area (TPSA) is 255 Å². The minimum atomic E-state index is -2.31. The summed E-state index contributed by atoms with van der Waals surface area (Å²) in [5.74, 6) is -4.34. The van der Waals surface area contributed by atoms with Crippen LogP contribution >= 0.6 is 0 Å². The van der Waals surface area contributed by atoms with Gasteiger partial charge in [0.05, 0.1) is 34.7 Å². The molecule has 0 aromatic heterocycles. The average molecular weight is 959 g/mol. The molecular weight excluding hydrogens is 901 g/mol. The number of aliphatic hydroxyl groups is 2. The molecule has 3 N–H and O–H groups in total. The molecule has 3 aromatic rings. The normalized spacial score (nSPS) is 30.0. The van der Waals surface area contributed by atoms with Crippen LogP contribution in [0.2, 0.25) is 0 Å². The Morgan fingerprint density at radius 3 is 2.07 bits per heavy atom. The molecule has 0 unspecified atom stereocenters. The summed E-state index contributed by atoms with van der Waals surface area (Å²) in [6.45, 7) is 11.0. The van der Waals surface area contributed by atoms with Crippen molar-refractivity contribution in [2.24, 2.45) is 16.7 Å². The standard InChI is InChI=1S/C50H58N2O17/c1-27-32(66-43(55)38(67-45(57)65-31-22-20-30(21-23-31)52(60)61)36(28-16-12-10-13-17-28)51-44(56)69-46(2,3)4)25-50(59)41(68-42(54)29-18-14-11-15-19-29)39-48(7,33(62-8)24-34-49(39,58)26-64-34)40(53)37(63-9)35(27)47(50,5)6/h10-23,32-34,36-39,41,58-59H,24-26H2,1-9H3,(H,51,56)/t32-,33-,34+,36-,37+,38+,39-,41-,48+,49-,50+/m0/s1. The number of alkyl carbamates (subject to hydrolysis) is 1. The summed E-state index contributed by atoms with van der Waals surface area (Å²) in [6, 6.07) is 18.8. The molecule has 3 aromatic carbocycles. The van der Waals surface area contributed by atoms with E-state index in [1.165, 1.54) is 26.4 Å². The van der Waals surface area contributed by atoms with Crippen LogP contribution < -0.4 is 10.1 Å². The monoisotopic (exact) mass is 958 g/mol. The lowest BCUT2D eigenvalue weighted by Crippen LogP contribution is -2.81. The Morgan fingerprint density at radius 2 is 1.52 bits per heavy atom. The summed E-state index contributed by atoms with van der Waals surface area (Å²) in [4.78, 5) is 82.8. The molecular formula is C50H58N2O17. The molecule has 69 heavy (non-hydrogen) atoms. The van der Waals surface area contributed by atoms with Crippen LogP contribution in [0.15, 0.2) is 96.1 Å². The third-order valence-corrected chi connectivity index (χ3v) is 14.2. The average Bonchev–Trinajstić information content (AvgIpc) is 3.29. The molecule has 19 nitrogen and oxygen atoms in total. The van der Waals surface area contributed by atoms with E-state index in [1.54, 1.807) is 97.0 Å². The maximum Gasteiger partial charge on any atom is 0.514 e. The SMILES string of the molecule is CO[C@H]1C(=O)[C@]2(C)[C@@H](OC)C[C@H]3OC[C@@]3(O)[C@H]2[C@H](OC(=O)c2ccccc2)[C@]2(O)C[C@H](OC(=O)[C@H](OC(=O)Oc3ccc([N+](=O)[O-])cc3)[C@@H](NC(=O)OC(C)(C)C)c3ccccc3)C(C)=C1C2(C)C. The second-order valence-electron chi connectivity index (χ2n) is 19.6. The van der Waals surface area contributed by atoms with Crippen LogP contribution in [0.1, 0.15) is 83.3 Å². The number of amides is 1. The molecule has 19 heteroatoms. The van der Waals surface area contributed by atoms with E-state index in [0.29, 0.717) is 0 Å². The first-order valence-electron chi connectivity index (χ1n) is 22.4. The maximum absolute atomic E-state index is 15.5. The number of hydrogen-bond acceptors (Lipinski definition) is 17. The molecule has 0 radical (unpaired) electrons. The predicted octanol–water partition coefficient (Wildman–Crippen LogP) is 6.13. The number of rotatable bonds is 12. The van der Waals surface area contributed by atoms with Gasteiger partial charge in [-0.05, 0) is 75.6 Å².